The molecular weight excluding hydrogens is 224 g/mol. The first-order valence-corrected chi connectivity index (χ1v) is 6.31. The minimum Gasteiger partial charge on any atom is -0.504 e. The van der Waals surface area contributed by atoms with Gasteiger partial charge in [-0.25, -0.2) is 0 Å². The molecule has 0 radical (unpaired) electrons. The van der Waals surface area contributed by atoms with E-state index < -0.39 is 0 Å². The van der Waals surface area contributed by atoms with Crippen molar-refractivity contribution in [3.63, 3.8) is 0 Å². The first-order valence-electron chi connectivity index (χ1n) is 6.31. The first kappa shape index (κ1) is 12.5. The van der Waals surface area contributed by atoms with E-state index in [4.69, 9.17) is 0 Å². The van der Waals surface area contributed by atoms with E-state index in [0.29, 0.717) is 0 Å². The molecule has 0 atom stereocenters. The molecule has 0 unspecified atom stereocenters. The van der Waals surface area contributed by atoms with Gasteiger partial charge in [-0.05, 0) is 35.6 Å². The van der Waals surface area contributed by atoms with Crippen molar-refractivity contribution in [2.45, 2.75) is 26.7 Å². The van der Waals surface area contributed by atoms with Gasteiger partial charge in [0.25, 0.3) is 0 Å². The zero-order valence-electron chi connectivity index (χ0n) is 10.8. The molecule has 0 fully saturated rings. The highest BCUT2D eigenvalue weighted by Crippen LogP contribution is 2.40. The van der Waals surface area contributed by atoms with Gasteiger partial charge in [-0.3, -0.25) is 0 Å². The van der Waals surface area contributed by atoms with Crippen LogP contribution in [0.15, 0.2) is 36.4 Å². The van der Waals surface area contributed by atoms with Crippen LogP contribution < -0.4 is 0 Å². The number of rotatable bonds is 3. The fourth-order valence-electron chi connectivity index (χ4n) is 2.29. The fraction of sp³-hybridized carbons (Fsp3) is 0.250. The molecule has 0 aliphatic rings. The Hall–Kier alpha value is -1.96. The van der Waals surface area contributed by atoms with Gasteiger partial charge in [0.1, 0.15) is 0 Å². The summed E-state index contributed by atoms with van der Waals surface area (Å²) in [6.07, 6.45) is 1.72. The van der Waals surface area contributed by atoms with Gasteiger partial charge in [0, 0.05) is 5.56 Å². The number of hydrogen-bond donors (Lipinski definition) is 2. The molecule has 2 N–H and O–H groups in total. The van der Waals surface area contributed by atoms with Gasteiger partial charge < -0.3 is 10.2 Å². The minimum atomic E-state index is -0.0619. The largest absolute Gasteiger partial charge is 0.504 e. The Labute approximate surface area is 108 Å². The molecule has 0 aliphatic heterocycles. The van der Waals surface area contributed by atoms with Crippen LogP contribution in [0.1, 0.15) is 25.0 Å². The number of aryl methyl sites for hydroxylation is 2. The van der Waals surface area contributed by atoms with Crippen LogP contribution in [-0.4, -0.2) is 10.2 Å². The first-order chi connectivity index (χ1) is 8.69. The SMILES string of the molecule is CCc1ccccc1-c1c(CC)ccc(O)c1O. The standard InChI is InChI=1S/C16H18O2/c1-3-11-7-5-6-8-13(11)15-12(4-2)9-10-14(17)16(15)18/h5-10,17-18H,3-4H2,1-2H3. The third-order valence-corrected chi connectivity index (χ3v) is 3.29. The molecule has 0 bridgehead atoms. The molecule has 2 aromatic rings. The molecule has 2 rings (SSSR count). The van der Waals surface area contributed by atoms with Crippen molar-refractivity contribution < 1.29 is 10.2 Å². The van der Waals surface area contributed by atoms with Gasteiger partial charge in [-0.2, -0.15) is 0 Å². The lowest BCUT2D eigenvalue weighted by Crippen LogP contribution is -1.93. The second-order valence-electron chi connectivity index (χ2n) is 4.33. The Morgan fingerprint density at radius 1 is 0.833 bits per heavy atom. The average Bonchev–Trinajstić information content (AvgIpc) is 2.41. The predicted octanol–water partition coefficient (Wildman–Crippen LogP) is 3.89. The van der Waals surface area contributed by atoms with Crippen molar-refractivity contribution in [1.82, 2.24) is 0 Å². The zero-order chi connectivity index (χ0) is 13.1. The monoisotopic (exact) mass is 242 g/mol. The molecule has 18 heavy (non-hydrogen) atoms. The van der Waals surface area contributed by atoms with Crippen LogP contribution in [0.2, 0.25) is 0 Å². The highest BCUT2D eigenvalue weighted by Gasteiger charge is 2.15. The van der Waals surface area contributed by atoms with Gasteiger partial charge in [-0.1, -0.05) is 44.2 Å². The number of aromatic hydroxyl groups is 2. The number of hydrogen-bond acceptors (Lipinski definition) is 2. The highest BCUT2D eigenvalue weighted by atomic mass is 16.3. The molecule has 0 saturated heterocycles. The molecule has 0 aliphatic carbocycles. The summed E-state index contributed by atoms with van der Waals surface area (Å²) >= 11 is 0. The van der Waals surface area contributed by atoms with Crippen molar-refractivity contribution in [1.29, 1.82) is 0 Å². The molecule has 94 valence electrons. The van der Waals surface area contributed by atoms with Crippen LogP contribution >= 0.6 is 0 Å². The minimum absolute atomic E-state index is 0.0183. The van der Waals surface area contributed by atoms with Gasteiger partial charge >= 0.3 is 0 Å². The van der Waals surface area contributed by atoms with Crippen molar-refractivity contribution in [2.75, 3.05) is 0 Å². The van der Waals surface area contributed by atoms with Crippen molar-refractivity contribution >= 4 is 0 Å². The summed E-state index contributed by atoms with van der Waals surface area (Å²) in [4.78, 5) is 0. The summed E-state index contributed by atoms with van der Waals surface area (Å²) in [7, 11) is 0. The molecular formula is C16H18O2. The molecule has 2 aromatic carbocycles. The second-order valence-corrected chi connectivity index (χ2v) is 4.33. The van der Waals surface area contributed by atoms with Gasteiger partial charge in [0.05, 0.1) is 0 Å². The fourth-order valence-corrected chi connectivity index (χ4v) is 2.29. The van der Waals surface area contributed by atoms with Crippen LogP contribution in [0.25, 0.3) is 11.1 Å². The van der Waals surface area contributed by atoms with Gasteiger partial charge in [-0.15, -0.1) is 0 Å². The molecule has 0 amide bonds. The van der Waals surface area contributed by atoms with Gasteiger partial charge in [0.2, 0.25) is 0 Å². The molecule has 0 heterocycles. The van der Waals surface area contributed by atoms with Crippen molar-refractivity contribution in [3.05, 3.63) is 47.5 Å². The molecule has 0 saturated carbocycles. The summed E-state index contributed by atoms with van der Waals surface area (Å²) in [5.74, 6) is -0.0802. The summed E-state index contributed by atoms with van der Waals surface area (Å²) in [6, 6.07) is 11.4. The summed E-state index contributed by atoms with van der Waals surface area (Å²) < 4.78 is 0. The topological polar surface area (TPSA) is 40.5 Å². The van der Waals surface area contributed by atoms with E-state index in [2.05, 4.69) is 13.0 Å². The number of phenols is 2. The lowest BCUT2D eigenvalue weighted by atomic mass is 9.92. The number of benzene rings is 2. The molecule has 2 nitrogen and oxygen atoms in total. The maximum absolute atomic E-state index is 10.1. The quantitative estimate of drug-likeness (QED) is 0.802. The number of phenolic OH excluding ortho intramolecular Hbond substituents is 2. The van der Waals surface area contributed by atoms with E-state index in [-0.39, 0.29) is 11.5 Å². The van der Waals surface area contributed by atoms with E-state index in [1.54, 1.807) is 6.07 Å². The highest BCUT2D eigenvalue weighted by molar-refractivity contribution is 5.78. The molecule has 0 spiro atoms. The summed E-state index contributed by atoms with van der Waals surface area (Å²) in [5.41, 5.74) is 3.99. The molecule has 0 aromatic heterocycles. The van der Waals surface area contributed by atoms with Crippen LogP contribution in [0.4, 0.5) is 0 Å². The third-order valence-electron chi connectivity index (χ3n) is 3.29. The van der Waals surface area contributed by atoms with Crippen LogP contribution in [0, 0.1) is 0 Å². The maximum atomic E-state index is 10.1. The van der Waals surface area contributed by atoms with Crippen molar-refractivity contribution in [2.24, 2.45) is 0 Å². The summed E-state index contributed by atoms with van der Waals surface area (Å²) in [5, 5.41) is 19.8. The van der Waals surface area contributed by atoms with Crippen LogP contribution in [-0.2, 0) is 12.8 Å². The Balaban J connectivity index is 2.73. The third kappa shape index (κ3) is 2.06. The Kier molecular flexibility index (Phi) is 3.56. The van der Waals surface area contributed by atoms with E-state index in [1.165, 1.54) is 5.56 Å². The predicted molar refractivity (Wildman–Crippen MR) is 74.0 cm³/mol. The van der Waals surface area contributed by atoms with E-state index >= 15 is 0 Å². The Morgan fingerprint density at radius 2 is 1.50 bits per heavy atom. The smallest absolute Gasteiger partial charge is 0.165 e. The lowest BCUT2D eigenvalue weighted by Gasteiger charge is -2.14. The summed E-state index contributed by atoms with van der Waals surface area (Å²) in [6.45, 7) is 4.13. The van der Waals surface area contributed by atoms with E-state index in [1.807, 2.05) is 31.2 Å². The normalized spacial score (nSPS) is 10.6. The van der Waals surface area contributed by atoms with Crippen LogP contribution in [0.3, 0.4) is 0 Å². The maximum Gasteiger partial charge on any atom is 0.165 e. The molecule has 2 heteroatoms. The Bertz CT molecular complexity index is 559. The lowest BCUT2D eigenvalue weighted by molar-refractivity contribution is 0.404. The average molecular weight is 242 g/mol. The zero-order valence-corrected chi connectivity index (χ0v) is 10.8. The van der Waals surface area contributed by atoms with Crippen molar-refractivity contribution in [3.8, 4) is 22.6 Å². The Morgan fingerprint density at radius 3 is 2.17 bits per heavy atom. The van der Waals surface area contributed by atoms with E-state index in [9.17, 15) is 10.2 Å². The van der Waals surface area contributed by atoms with Crippen LogP contribution in [0.5, 0.6) is 11.5 Å². The van der Waals surface area contributed by atoms with E-state index in [0.717, 1.165) is 29.5 Å². The van der Waals surface area contributed by atoms with Gasteiger partial charge in [0.15, 0.2) is 11.5 Å². The second kappa shape index (κ2) is 5.13.